The van der Waals surface area contributed by atoms with Crippen molar-refractivity contribution in [2.24, 2.45) is 0 Å². The van der Waals surface area contributed by atoms with Crippen molar-refractivity contribution >= 4 is 29.1 Å². The zero-order valence-electron chi connectivity index (χ0n) is 8.58. The number of halogens is 3. The van der Waals surface area contributed by atoms with Crippen molar-refractivity contribution in [3.8, 4) is 0 Å². The van der Waals surface area contributed by atoms with Gasteiger partial charge < -0.3 is 5.73 Å². The van der Waals surface area contributed by atoms with E-state index in [9.17, 15) is 8.78 Å². The topological polar surface area (TPSA) is 26.0 Å². The van der Waals surface area contributed by atoms with Crippen LogP contribution in [0.1, 0.15) is 0 Å². The van der Waals surface area contributed by atoms with Crippen molar-refractivity contribution in [2.75, 3.05) is 5.73 Å². The van der Waals surface area contributed by atoms with Crippen LogP contribution in [0.5, 0.6) is 0 Å². The fraction of sp³-hybridized carbons (Fsp3) is 0. The van der Waals surface area contributed by atoms with Gasteiger partial charge in [-0.05, 0) is 36.4 Å². The monoisotopic (exact) mass is 271 g/mol. The number of benzene rings is 2. The van der Waals surface area contributed by atoms with Crippen LogP contribution in [0.25, 0.3) is 0 Å². The molecule has 1 nitrogen and oxygen atoms in total. The summed E-state index contributed by atoms with van der Waals surface area (Å²) in [7, 11) is 0. The highest BCUT2D eigenvalue weighted by Crippen LogP contribution is 2.34. The molecular formula is C12H8ClF2NS. The number of hydrogen-bond donors (Lipinski definition) is 1. The summed E-state index contributed by atoms with van der Waals surface area (Å²) in [6, 6.07) is 8.72. The summed E-state index contributed by atoms with van der Waals surface area (Å²) in [5.74, 6) is -1.75. The highest BCUT2D eigenvalue weighted by atomic mass is 35.5. The Labute approximate surface area is 107 Å². The third-order valence-electron chi connectivity index (χ3n) is 2.09. The van der Waals surface area contributed by atoms with Crippen LogP contribution in [-0.2, 0) is 0 Å². The molecule has 2 aromatic carbocycles. The summed E-state index contributed by atoms with van der Waals surface area (Å²) in [6.07, 6.45) is 0. The van der Waals surface area contributed by atoms with Crippen LogP contribution < -0.4 is 5.73 Å². The average Bonchev–Trinajstić information content (AvgIpc) is 2.29. The van der Waals surface area contributed by atoms with E-state index < -0.39 is 11.6 Å². The van der Waals surface area contributed by atoms with Crippen LogP contribution in [0.3, 0.4) is 0 Å². The summed E-state index contributed by atoms with van der Waals surface area (Å²) >= 11 is 7.07. The van der Waals surface area contributed by atoms with E-state index in [4.69, 9.17) is 17.3 Å². The molecule has 88 valence electrons. The zero-order chi connectivity index (χ0) is 12.4. The molecule has 0 saturated carbocycles. The molecule has 2 rings (SSSR count). The molecule has 0 radical (unpaired) electrons. The Morgan fingerprint density at radius 3 is 2.47 bits per heavy atom. The van der Waals surface area contributed by atoms with E-state index in [1.807, 2.05) is 0 Å². The molecule has 0 aliphatic rings. The molecule has 0 bridgehead atoms. The number of nitrogen functional groups attached to an aromatic ring is 1. The first-order valence-corrected chi connectivity index (χ1v) is 5.93. The Bertz CT molecular complexity index is 560. The minimum atomic E-state index is -0.879. The van der Waals surface area contributed by atoms with Gasteiger partial charge in [0.15, 0.2) is 11.6 Å². The first kappa shape index (κ1) is 12.2. The lowest BCUT2D eigenvalue weighted by atomic mass is 10.3. The summed E-state index contributed by atoms with van der Waals surface area (Å²) in [5.41, 5.74) is 6.30. The van der Waals surface area contributed by atoms with Gasteiger partial charge in [0.2, 0.25) is 0 Å². The molecule has 0 aromatic heterocycles. The number of anilines is 1. The molecular weight excluding hydrogens is 264 g/mol. The summed E-state index contributed by atoms with van der Waals surface area (Å²) in [6.45, 7) is 0. The Morgan fingerprint density at radius 2 is 1.76 bits per heavy atom. The van der Waals surface area contributed by atoms with Crippen LogP contribution in [-0.4, -0.2) is 0 Å². The summed E-state index contributed by atoms with van der Waals surface area (Å²) in [5, 5.41) is 0.546. The van der Waals surface area contributed by atoms with E-state index >= 15 is 0 Å². The van der Waals surface area contributed by atoms with Crippen molar-refractivity contribution < 1.29 is 8.78 Å². The lowest BCUT2D eigenvalue weighted by Gasteiger charge is -2.06. The van der Waals surface area contributed by atoms with Gasteiger partial charge in [0.05, 0.1) is 0 Å². The molecule has 0 unspecified atom stereocenters. The minimum absolute atomic E-state index is 0.545. The van der Waals surface area contributed by atoms with Crippen LogP contribution in [0.4, 0.5) is 14.5 Å². The van der Waals surface area contributed by atoms with Crippen LogP contribution >= 0.6 is 23.4 Å². The number of rotatable bonds is 2. The molecule has 0 heterocycles. The molecule has 2 N–H and O–H groups in total. The predicted octanol–water partition coefficient (Wildman–Crippen LogP) is 4.35. The lowest BCUT2D eigenvalue weighted by molar-refractivity contribution is 0.506. The molecule has 0 atom stereocenters. The second kappa shape index (κ2) is 4.94. The summed E-state index contributed by atoms with van der Waals surface area (Å²) < 4.78 is 25.8. The van der Waals surface area contributed by atoms with Crippen LogP contribution in [0.15, 0.2) is 46.2 Å². The molecule has 0 fully saturated rings. The Kier molecular flexibility index (Phi) is 3.54. The molecule has 0 amide bonds. The van der Waals surface area contributed by atoms with Crippen molar-refractivity contribution in [1.82, 2.24) is 0 Å². The highest BCUT2D eigenvalue weighted by molar-refractivity contribution is 7.99. The van der Waals surface area contributed by atoms with Crippen molar-refractivity contribution in [1.29, 1.82) is 0 Å². The fourth-order valence-corrected chi connectivity index (χ4v) is 2.42. The number of hydrogen-bond acceptors (Lipinski definition) is 2. The minimum Gasteiger partial charge on any atom is -0.398 e. The van der Waals surface area contributed by atoms with Gasteiger partial charge in [-0.2, -0.15) is 0 Å². The zero-order valence-corrected chi connectivity index (χ0v) is 10.2. The number of nitrogens with two attached hydrogens (primary N) is 1. The average molecular weight is 272 g/mol. The van der Waals surface area contributed by atoms with Crippen LogP contribution in [0.2, 0.25) is 5.02 Å². The maximum absolute atomic E-state index is 13.0. The third kappa shape index (κ3) is 2.90. The van der Waals surface area contributed by atoms with Gasteiger partial charge in [0.25, 0.3) is 0 Å². The molecule has 2 aromatic rings. The predicted molar refractivity (Wildman–Crippen MR) is 66.3 cm³/mol. The molecule has 0 aliphatic carbocycles. The largest absolute Gasteiger partial charge is 0.398 e. The van der Waals surface area contributed by atoms with Gasteiger partial charge in [0, 0.05) is 20.5 Å². The first-order valence-electron chi connectivity index (χ1n) is 4.74. The van der Waals surface area contributed by atoms with E-state index in [1.165, 1.54) is 17.8 Å². The first-order chi connectivity index (χ1) is 8.06. The van der Waals surface area contributed by atoms with Gasteiger partial charge in [-0.25, -0.2) is 8.78 Å². The Morgan fingerprint density at radius 1 is 1.00 bits per heavy atom. The standard InChI is InChI=1S/C12H8ClF2NS/c13-7-1-4-11(16)12(5-7)17-8-2-3-9(14)10(15)6-8/h1-6H,16H2. The molecule has 0 saturated heterocycles. The second-order valence-electron chi connectivity index (χ2n) is 3.36. The molecule has 0 spiro atoms. The Balaban J connectivity index is 2.31. The van der Waals surface area contributed by atoms with Gasteiger partial charge in [0.1, 0.15) is 0 Å². The van der Waals surface area contributed by atoms with Crippen molar-refractivity contribution in [3.63, 3.8) is 0 Å². The SMILES string of the molecule is Nc1ccc(Cl)cc1Sc1ccc(F)c(F)c1. The van der Waals surface area contributed by atoms with Gasteiger partial charge in [-0.3, -0.25) is 0 Å². The van der Waals surface area contributed by atoms with Crippen molar-refractivity contribution in [2.45, 2.75) is 9.79 Å². The highest BCUT2D eigenvalue weighted by Gasteiger charge is 2.06. The maximum Gasteiger partial charge on any atom is 0.159 e. The van der Waals surface area contributed by atoms with Crippen molar-refractivity contribution in [3.05, 3.63) is 53.1 Å². The molecule has 5 heteroatoms. The molecule has 17 heavy (non-hydrogen) atoms. The van der Waals surface area contributed by atoms with E-state index in [2.05, 4.69) is 0 Å². The third-order valence-corrected chi connectivity index (χ3v) is 3.39. The fourth-order valence-electron chi connectivity index (χ4n) is 1.26. The maximum atomic E-state index is 13.0. The second-order valence-corrected chi connectivity index (χ2v) is 4.91. The Hall–Kier alpha value is -1.26. The van der Waals surface area contributed by atoms with Gasteiger partial charge in [-0.1, -0.05) is 23.4 Å². The van der Waals surface area contributed by atoms with E-state index in [-0.39, 0.29) is 0 Å². The van der Waals surface area contributed by atoms with Crippen LogP contribution in [0, 0.1) is 11.6 Å². The van der Waals surface area contributed by atoms with E-state index in [1.54, 1.807) is 18.2 Å². The molecule has 0 aliphatic heterocycles. The normalized spacial score (nSPS) is 10.5. The smallest absolute Gasteiger partial charge is 0.159 e. The van der Waals surface area contributed by atoms with Gasteiger partial charge >= 0.3 is 0 Å². The van der Waals surface area contributed by atoms with Gasteiger partial charge in [-0.15, -0.1) is 0 Å². The lowest BCUT2D eigenvalue weighted by Crippen LogP contribution is -1.89. The van der Waals surface area contributed by atoms with E-state index in [0.29, 0.717) is 20.5 Å². The quantitative estimate of drug-likeness (QED) is 0.822. The summed E-state index contributed by atoms with van der Waals surface area (Å²) in [4.78, 5) is 1.28. The van der Waals surface area contributed by atoms with E-state index in [0.717, 1.165) is 12.1 Å².